The van der Waals surface area contributed by atoms with Crippen LogP contribution in [-0.2, 0) is 0 Å². The molecule has 0 fully saturated rings. The summed E-state index contributed by atoms with van der Waals surface area (Å²) in [7, 11) is 3.16. The van der Waals surface area contributed by atoms with Crippen molar-refractivity contribution in [2.45, 2.75) is 0 Å². The van der Waals surface area contributed by atoms with E-state index in [2.05, 4.69) is 15.3 Å². The first kappa shape index (κ1) is 19.1. The van der Waals surface area contributed by atoms with E-state index in [0.717, 1.165) is 16.6 Å². The third-order valence-electron chi connectivity index (χ3n) is 4.59. The van der Waals surface area contributed by atoms with Gasteiger partial charge in [-0.05, 0) is 36.4 Å². The zero-order chi connectivity index (χ0) is 21.1. The summed E-state index contributed by atoms with van der Waals surface area (Å²) in [5.74, 6) is 2.30. The van der Waals surface area contributed by atoms with E-state index in [0.29, 0.717) is 28.7 Å². The molecule has 1 heterocycles. The minimum Gasteiger partial charge on any atom is -0.493 e. The van der Waals surface area contributed by atoms with Crippen molar-refractivity contribution >= 4 is 28.1 Å². The first-order valence-corrected chi connectivity index (χ1v) is 9.09. The van der Waals surface area contributed by atoms with Gasteiger partial charge in [-0.1, -0.05) is 12.1 Å². The molecule has 0 spiro atoms. The lowest BCUT2D eigenvalue weighted by Gasteiger charge is -2.13. The van der Waals surface area contributed by atoms with Crippen molar-refractivity contribution < 1.29 is 14.4 Å². The van der Waals surface area contributed by atoms with E-state index >= 15 is 0 Å². The third-order valence-corrected chi connectivity index (χ3v) is 4.59. The number of methoxy groups -OCH3 is 2. The maximum Gasteiger partial charge on any atom is 0.269 e. The zero-order valence-electron chi connectivity index (χ0n) is 16.3. The molecule has 0 atom stereocenters. The summed E-state index contributed by atoms with van der Waals surface area (Å²) >= 11 is 0. The summed E-state index contributed by atoms with van der Waals surface area (Å²) < 4.78 is 10.7. The monoisotopic (exact) mass is 402 g/mol. The van der Waals surface area contributed by atoms with Gasteiger partial charge in [0.15, 0.2) is 17.3 Å². The molecule has 0 bridgehead atoms. The van der Waals surface area contributed by atoms with Crippen LogP contribution in [0.3, 0.4) is 0 Å². The van der Waals surface area contributed by atoms with E-state index in [-0.39, 0.29) is 5.69 Å². The summed E-state index contributed by atoms with van der Waals surface area (Å²) in [6.07, 6.45) is 0. The molecule has 0 amide bonds. The number of anilines is 2. The molecule has 150 valence electrons. The molecule has 0 unspecified atom stereocenters. The normalized spacial score (nSPS) is 10.6. The maximum atomic E-state index is 10.9. The smallest absolute Gasteiger partial charge is 0.269 e. The lowest BCUT2D eigenvalue weighted by Crippen LogP contribution is -2.00. The van der Waals surface area contributed by atoms with Crippen molar-refractivity contribution in [2.24, 2.45) is 0 Å². The fourth-order valence-corrected chi connectivity index (χ4v) is 3.08. The molecule has 30 heavy (non-hydrogen) atoms. The van der Waals surface area contributed by atoms with Gasteiger partial charge in [-0.3, -0.25) is 10.1 Å². The van der Waals surface area contributed by atoms with Gasteiger partial charge in [-0.15, -0.1) is 0 Å². The average Bonchev–Trinajstić information content (AvgIpc) is 2.79. The number of non-ortho nitro benzene ring substituents is 1. The molecule has 4 rings (SSSR count). The molecule has 0 aliphatic carbocycles. The van der Waals surface area contributed by atoms with Crippen molar-refractivity contribution in [3.63, 3.8) is 0 Å². The Kier molecular flexibility index (Phi) is 5.13. The largest absolute Gasteiger partial charge is 0.493 e. The lowest BCUT2D eigenvalue weighted by atomic mass is 10.1. The van der Waals surface area contributed by atoms with Crippen LogP contribution in [0.25, 0.3) is 22.3 Å². The molecule has 8 heteroatoms. The molecular formula is C22H18N4O4. The number of nitro groups is 1. The van der Waals surface area contributed by atoms with Crippen LogP contribution in [0.4, 0.5) is 17.2 Å². The highest BCUT2D eigenvalue weighted by Crippen LogP contribution is 2.33. The van der Waals surface area contributed by atoms with Gasteiger partial charge in [0.25, 0.3) is 5.69 Å². The van der Waals surface area contributed by atoms with Crippen molar-refractivity contribution in [3.05, 3.63) is 76.8 Å². The highest BCUT2D eigenvalue weighted by molar-refractivity contribution is 5.92. The van der Waals surface area contributed by atoms with E-state index in [1.165, 1.54) is 12.1 Å². The molecule has 3 aromatic carbocycles. The molecule has 1 aromatic heterocycles. The van der Waals surface area contributed by atoms with Gasteiger partial charge >= 0.3 is 0 Å². The standard InChI is InChI=1S/C22H18N4O4/c1-29-19-12-9-15(13-20(19)30-2)23-22-17-5-3-4-6-18(17)24-21(25-22)14-7-10-16(11-8-14)26(27)28/h3-13H,1-2H3,(H,23,24,25). The Hall–Kier alpha value is -4.20. The van der Waals surface area contributed by atoms with Crippen molar-refractivity contribution in [3.8, 4) is 22.9 Å². The van der Waals surface area contributed by atoms with E-state index in [1.54, 1.807) is 26.4 Å². The number of benzene rings is 3. The van der Waals surface area contributed by atoms with Crippen molar-refractivity contribution in [2.75, 3.05) is 19.5 Å². The van der Waals surface area contributed by atoms with Crippen molar-refractivity contribution in [1.82, 2.24) is 9.97 Å². The molecule has 0 aliphatic heterocycles. The fourth-order valence-electron chi connectivity index (χ4n) is 3.08. The quantitative estimate of drug-likeness (QED) is 0.359. The van der Waals surface area contributed by atoms with Crippen LogP contribution in [0.1, 0.15) is 0 Å². The number of fused-ring (bicyclic) bond motifs is 1. The number of nitrogens with zero attached hydrogens (tertiary/aromatic N) is 3. The topological polar surface area (TPSA) is 99.4 Å². The number of ether oxygens (including phenoxy) is 2. The molecular weight excluding hydrogens is 384 g/mol. The number of aromatic nitrogens is 2. The second-order valence-corrected chi connectivity index (χ2v) is 6.41. The minimum absolute atomic E-state index is 0.0169. The minimum atomic E-state index is -0.435. The SMILES string of the molecule is COc1ccc(Nc2nc(-c3ccc([N+](=O)[O-])cc3)nc3ccccc23)cc1OC. The van der Waals surface area contributed by atoms with Crippen LogP contribution in [-0.4, -0.2) is 29.1 Å². The predicted octanol–water partition coefficient (Wildman–Crippen LogP) is 4.97. The summed E-state index contributed by atoms with van der Waals surface area (Å²) in [5.41, 5.74) is 2.22. The Morgan fingerprint density at radius 1 is 0.900 bits per heavy atom. The third kappa shape index (κ3) is 3.70. The van der Waals surface area contributed by atoms with Gasteiger partial charge in [-0.25, -0.2) is 9.97 Å². The Bertz CT molecular complexity index is 1230. The molecule has 0 saturated carbocycles. The van der Waals surface area contributed by atoms with Crippen LogP contribution in [0.15, 0.2) is 66.7 Å². The number of para-hydroxylation sites is 1. The van der Waals surface area contributed by atoms with E-state index in [1.807, 2.05) is 42.5 Å². The van der Waals surface area contributed by atoms with Gasteiger partial charge in [0.2, 0.25) is 0 Å². The first-order chi connectivity index (χ1) is 14.6. The summed E-state index contributed by atoms with van der Waals surface area (Å²) in [6.45, 7) is 0. The molecule has 0 aliphatic rings. The summed E-state index contributed by atoms with van der Waals surface area (Å²) in [5, 5.41) is 15.1. The second kappa shape index (κ2) is 8.04. The fraction of sp³-hybridized carbons (Fsp3) is 0.0909. The van der Waals surface area contributed by atoms with Gasteiger partial charge < -0.3 is 14.8 Å². The predicted molar refractivity (Wildman–Crippen MR) is 114 cm³/mol. The highest BCUT2D eigenvalue weighted by atomic mass is 16.6. The Labute approximate surface area is 172 Å². The number of hydrogen-bond donors (Lipinski definition) is 1. The first-order valence-electron chi connectivity index (χ1n) is 9.09. The van der Waals surface area contributed by atoms with E-state index < -0.39 is 4.92 Å². The van der Waals surface area contributed by atoms with E-state index in [9.17, 15) is 10.1 Å². The van der Waals surface area contributed by atoms with Crippen LogP contribution in [0.2, 0.25) is 0 Å². The number of nitro benzene ring substituents is 1. The average molecular weight is 402 g/mol. The van der Waals surface area contributed by atoms with Gasteiger partial charge in [0, 0.05) is 34.8 Å². The number of nitrogens with one attached hydrogen (secondary N) is 1. The van der Waals surface area contributed by atoms with Crippen LogP contribution in [0.5, 0.6) is 11.5 Å². The van der Waals surface area contributed by atoms with Crippen LogP contribution in [0, 0.1) is 10.1 Å². The Morgan fingerprint density at radius 2 is 1.63 bits per heavy atom. The highest BCUT2D eigenvalue weighted by Gasteiger charge is 2.12. The molecule has 8 nitrogen and oxygen atoms in total. The van der Waals surface area contributed by atoms with Gasteiger partial charge in [0.1, 0.15) is 5.82 Å². The van der Waals surface area contributed by atoms with Crippen molar-refractivity contribution in [1.29, 1.82) is 0 Å². The number of hydrogen-bond acceptors (Lipinski definition) is 7. The van der Waals surface area contributed by atoms with Crippen LogP contribution < -0.4 is 14.8 Å². The maximum absolute atomic E-state index is 10.9. The number of rotatable bonds is 6. The van der Waals surface area contributed by atoms with Crippen LogP contribution >= 0.6 is 0 Å². The molecule has 0 saturated heterocycles. The molecule has 1 N–H and O–H groups in total. The van der Waals surface area contributed by atoms with E-state index in [4.69, 9.17) is 9.47 Å². The lowest BCUT2D eigenvalue weighted by molar-refractivity contribution is -0.384. The summed E-state index contributed by atoms with van der Waals surface area (Å²) in [4.78, 5) is 19.8. The molecule has 4 aromatic rings. The van der Waals surface area contributed by atoms with Gasteiger partial charge in [0.05, 0.1) is 24.7 Å². The summed E-state index contributed by atoms with van der Waals surface area (Å²) in [6, 6.07) is 19.3. The molecule has 0 radical (unpaired) electrons. The Balaban J connectivity index is 1.78. The second-order valence-electron chi connectivity index (χ2n) is 6.41. The Morgan fingerprint density at radius 3 is 2.33 bits per heavy atom. The zero-order valence-corrected chi connectivity index (χ0v) is 16.3. The van der Waals surface area contributed by atoms with Gasteiger partial charge in [-0.2, -0.15) is 0 Å².